The van der Waals surface area contributed by atoms with E-state index in [-0.39, 0.29) is 12.0 Å². The molecule has 18 heavy (non-hydrogen) atoms. The largest absolute Gasteiger partial charge is 0.393 e. The maximum absolute atomic E-state index is 12.1. The molecule has 0 spiro atoms. The summed E-state index contributed by atoms with van der Waals surface area (Å²) in [6, 6.07) is 0.466. The van der Waals surface area contributed by atoms with Gasteiger partial charge in [0, 0.05) is 19.1 Å². The van der Waals surface area contributed by atoms with Gasteiger partial charge in [0.05, 0.1) is 12.6 Å². The molecule has 0 unspecified atom stereocenters. The maximum Gasteiger partial charge on any atom is 0.234 e. The molecule has 4 heteroatoms. The standard InChI is InChI=1S/C14H24N2O2/c17-12-5-7-16(8-6-12)9-13(18)15-14(10-1-2-10)11-3-4-11/h10-12,14,17H,1-9H2,(H,15,18). The minimum atomic E-state index is -0.157. The molecule has 2 aliphatic carbocycles. The van der Waals surface area contributed by atoms with Gasteiger partial charge in [0.1, 0.15) is 0 Å². The van der Waals surface area contributed by atoms with Gasteiger partial charge < -0.3 is 10.4 Å². The molecule has 0 atom stereocenters. The summed E-state index contributed by atoms with van der Waals surface area (Å²) in [4.78, 5) is 14.2. The molecule has 4 nitrogen and oxygen atoms in total. The number of aliphatic hydroxyl groups excluding tert-OH is 1. The number of rotatable bonds is 5. The summed E-state index contributed by atoms with van der Waals surface area (Å²) in [6.07, 6.45) is 6.67. The zero-order chi connectivity index (χ0) is 12.5. The number of nitrogens with zero attached hydrogens (tertiary/aromatic N) is 1. The van der Waals surface area contributed by atoms with Gasteiger partial charge >= 0.3 is 0 Å². The van der Waals surface area contributed by atoms with Crippen LogP contribution in [0, 0.1) is 11.8 Å². The maximum atomic E-state index is 12.1. The normalized spacial score (nSPS) is 26.6. The predicted molar refractivity (Wildman–Crippen MR) is 69.1 cm³/mol. The molecular formula is C14H24N2O2. The van der Waals surface area contributed by atoms with Gasteiger partial charge in [0.15, 0.2) is 0 Å². The molecule has 0 aromatic carbocycles. The number of carbonyl (C=O) groups is 1. The van der Waals surface area contributed by atoms with Crippen LogP contribution in [-0.4, -0.2) is 47.7 Å². The number of carbonyl (C=O) groups excluding carboxylic acids is 1. The van der Waals surface area contributed by atoms with Crippen molar-refractivity contribution < 1.29 is 9.90 Å². The molecule has 0 bridgehead atoms. The van der Waals surface area contributed by atoms with Crippen LogP contribution in [0.25, 0.3) is 0 Å². The van der Waals surface area contributed by atoms with E-state index in [2.05, 4.69) is 10.2 Å². The highest BCUT2D eigenvalue weighted by Gasteiger charge is 2.42. The van der Waals surface area contributed by atoms with Crippen LogP contribution in [-0.2, 0) is 4.79 Å². The first-order chi connectivity index (χ1) is 8.72. The molecule has 2 saturated carbocycles. The number of aliphatic hydroxyl groups is 1. The molecule has 1 aliphatic heterocycles. The van der Waals surface area contributed by atoms with Gasteiger partial charge in [-0.1, -0.05) is 0 Å². The van der Waals surface area contributed by atoms with Crippen LogP contribution in [0.1, 0.15) is 38.5 Å². The summed E-state index contributed by atoms with van der Waals surface area (Å²) < 4.78 is 0. The average Bonchev–Trinajstić information content (AvgIpc) is 3.22. The Morgan fingerprint density at radius 3 is 2.17 bits per heavy atom. The molecule has 102 valence electrons. The summed E-state index contributed by atoms with van der Waals surface area (Å²) in [5, 5.41) is 12.7. The SMILES string of the molecule is O=C(CN1CCC(O)CC1)NC(C1CC1)C1CC1. The van der Waals surface area contributed by atoms with Crippen molar-refractivity contribution in [3.05, 3.63) is 0 Å². The first-order valence-corrected chi connectivity index (χ1v) is 7.42. The average molecular weight is 252 g/mol. The van der Waals surface area contributed by atoms with Crippen LogP contribution in [0.15, 0.2) is 0 Å². The number of piperidine rings is 1. The van der Waals surface area contributed by atoms with Crippen LogP contribution in [0.3, 0.4) is 0 Å². The van der Waals surface area contributed by atoms with Gasteiger partial charge in [-0.15, -0.1) is 0 Å². The molecule has 3 aliphatic rings. The molecule has 1 heterocycles. The quantitative estimate of drug-likeness (QED) is 0.759. The Labute approximate surface area is 109 Å². The molecule has 1 amide bonds. The minimum absolute atomic E-state index is 0.157. The van der Waals surface area contributed by atoms with E-state index in [1.54, 1.807) is 0 Å². The van der Waals surface area contributed by atoms with Gasteiger partial charge in [-0.05, 0) is 50.4 Å². The zero-order valence-electron chi connectivity index (χ0n) is 11.0. The van der Waals surface area contributed by atoms with Gasteiger partial charge in [0.25, 0.3) is 0 Å². The topological polar surface area (TPSA) is 52.6 Å². The molecular weight excluding hydrogens is 228 g/mol. The Kier molecular flexibility index (Phi) is 3.57. The number of amides is 1. The van der Waals surface area contributed by atoms with E-state index in [4.69, 9.17) is 0 Å². The second-order valence-corrected chi connectivity index (χ2v) is 6.28. The van der Waals surface area contributed by atoms with E-state index >= 15 is 0 Å². The number of hydrogen-bond acceptors (Lipinski definition) is 3. The molecule has 3 fully saturated rings. The Balaban J connectivity index is 1.43. The molecule has 2 N–H and O–H groups in total. The van der Waals surface area contributed by atoms with Crippen molar-refractivity contribution in [2.45, 2.75) is 50.7 Å². The third-order valence-corrected chi connectivity index (χ3v) is 4.51. The van der Waals surface area contributed by atoms with Crippen LogP contribution in [0.5, 0.6) is 0 Å². The van der Waals surface area contributed by atoms with E-state index in [1.807, 2.05) is 0 Å². The number of nitrogens with one attached hydrogen (secondary N) is 1. The highest BCUT2D eigenvalue weighted by molar-refractivity contribution is 5.78. The van der Waals surface area contributed by atoms with Crippen molar-refractivity contribution in [1.29, 1.82) is 0 Å². The molecule has 1 saturated heterocycles. The summed E-state index contributed by atoms with van der Waals surface area (Å²) in [5.74, 6) is 1.73. The Bertz CT molecular complexity index is 293. The van der Waals surface area contributed by atoms with Crippen molar-refractivity contribution in [3.8, 4) is 0 Å². The fourth-order valence-corrected chi connectivity index (χ4v) is 3.04. The lowest BCUT2D eigenvalue weighted by Crippen LogP contribution is -2.46. The van der Waals surface area contributed by atoms with Gasteiger partial charge in [0.2, 0.25) is 5.91 Å². The smallest absolute Gasteiger partial charge is 0.234 e. The first-order valence-electron chi connectivity index (χ1n) is 7.42. The van der Waals surface area contributed by atoms with Gasteiger partial charge in [-0.2, -0.15) is 0 Å². The van der Waals surface area contributed by atoms with Crippen LogP contribution < -0.4 is 5.32 Å². The Hall–Kier alpha value is -0.610. The lowest BCUT2D eigenvalue weighted by molar-refractivity contribution is -0.123. The fraction of sp³-hybridized carbons (Fsp3) is 0.929. The molecule has 0 radical (unpaired) electrons. The van der Waals surface area contributed by atoms with Crippen molar-refractivity contribution in [2.24, 2.45) is 11.8 Å². The minimum Gasteiger partial charge on any atom is -0.393 e. The third kappa shape index (κ3) is 3.23. The van der Waals surface area contributed by atoms with Crippen molar-refractivity contribution in [3.63, 3.8) is 0 Å². The lowest BCUT2D eigenvalue weighted by atomic mass is 10.1. The number of hydrogen-bond donors (Lipinski definition) is 2. The van der Waals surface area contributed by atoms with Gasteiger partial charge in [-0.25, -0.2) is 0 Å². The summed E-state index contributed by atoms with van der Waals surface area (Å²) in [7, 11) is 0. The second kappa shape index (κ2) is 5.17. The highest BCUT2D eigenvalue weighted by Crippen LogP contribution is 2.44. The second-order valence-electron chi connectivity index (χ2n) is 6.28. The number of likely N-dealkylation sites (tertiary alicyclic amines) is 1. The van der Waals surface area contributed by atoms with E-state index in [9.17, 15) is 9.90 Å². The lowest BCUT2D eigenvalue weighted by Gasteiger charge is -2.29. The van der Waals surface area contributed by atoms with E-state index in [0.29, 0.717) is 12.6 Å². The van der Waals surface area contributed by atoms with E-state index in [1.165, 1.54) is 25.7 Å². The first kappa shape index (κ1) is 12.4. The van der Waals surface area contributed by atoms with E-state index < -0.39 is 0 Å². The third-order valence-electron chi connectivity index (χ3n) is 4.51. The van der Waals surface area contributed by atoms with Crippen molar-refractivity contribution in [1.82, 2.24) is 10.2 Å². The summed E-state index contributed by atoms with van der Waals surface area (Å²) >= 11 is 0. The summed E-state index contributed by atoms with van der Waals surface area (Å²) in [6.45, 7) is 2.22. The fourth-order valence-electron chi connectivity index (χ4n) is 3.04. The van der Waals surface area contributed by atoms with Crippen LogP contribution in [0.2, 0.25) is 0 Å². The Morgan fingerprint density at radius 1 is 1.11 bits per heavy atom. The van der Waals surface area contributed by atoms with Crippen LogP contribution in [0.4, 0.5) is 0 Å². The van der Waals surface area contributed by atoms with Crippen molar-refractivity contribution >= 4 is 5.91 Å². The summed E-state index contributed by atoms with van der Waals surface area (Å²) in [5.41, 5.74) is 0. The van der Waals surface area contributed by atoms with Gasteiger partial charge in [-0.3, -0.25) is 9.69 Å². The zero-order valence-corrected chi connectivity index (χ0v) is 11.0. The monoisotopic (exact) mass is 252 g/mol. The molecule has 0 aromatic rings. The Morgan fingerprint density at radius 2 is 1.67 bits per heavy atom. The highest BCUT2D eigenvalue weighted by atomic mass is 16.3. The van der Waals surface area contributed by atoms with Crippen molar-refractivity contribution in [2.75, 3.05) is 19.6 Å². The molecule has 0 aromatic heterocycles. The van der Waals surface area contributed by atoms with E-state index in [0.717, 1.165) is 37.8 Å². The molecule has 3 rings (SSSR count). The van der Waals surface area contributed by atoms with Crippen LogP contribution >= 0.6 is 0 Å². The predicted octanol–water partition coefficient (Wildman–Crippen LogP) is 0.748.